The lowest BCUT2D eigenvalue weighted by Crippen LogP contribution is -2.13. The lowest BCUT2D eigenvalue weighted by Gasteiger charge is -1.99. The highest BCUT2D eigenvalue weighted by molar-refractivity contribution is 5.81. The minimum Gasteiger partial charge on any atom is -0.369 e. The van der Waals surface area contributed by atoms with Crippen LogP contribution in [0.2, 0.25) is 0 Å². The zero-order chi connectivity index (χ0) is 10.3. The average Bonchev–Trinajstić information content (AvgIpc) is 2.89. The number of carbonyl (C=O) groups excluding carboxylic acids is 1. The average molecular weight is 197 g/mol. The summed E-state index contributed by atoms with van der Waals surface area (Å²) in [6, 6.07) is 3.69. The Labute approximate surface area is 79.7 Å². The Morgan fingerprint density at radius 2 is 2.07 bits per heavy atom. The van der Waals surface area contributed by atoms with E-state index in [1.165, 1.54) is 6.07 Å². The number of halogens is 2. The first-order valence-corrected chi connectivity index (χ1v) is 4.34. The molecule has 1 aliphatic rings. The molecular weight excluding hydrogens is 188 g/mol. The molecule has 1 aliphatic carbocycles. The molecule has 2 atom stereocenters. The minimum atomic E-state index is -0.877. The Balaban J connectivity index is 2.20. The van der Waals surface area contributed by atoms with Crippen LogP contribution in [0.25, 0.3) is 0 Å². The van der Waals surface area contributed by atoms with Crippen LogP contribution in [0.4, 0.5) is 8.78 Å². The van der Waals surface area contributed by atoms with Gasteiger partial charge in [0.1, 0.15) is 0 Å². The second kappa shape index (κ2) is 3.04. The molecule has 0 unspecified atom stereocenters. The van der Waals surface area contributed by atoms with Crippen molar-refractivity contribution in [3.05, 3.63) is 35.4 Å². The molecule has 0 saturated heterocycles. The van der Waals surface area contributed by atoms with Crippen LogP contribution < -0.4 is 5.73 Å². The largest absolute Gasteiger partial charge is 0.369 e. The number of benzene rings is 1. The third-order valence-corrected chi connectivity index (χ3v) is 2.53. The van der Waals surface area contributed by atoms with Gasteiger partial charge < -0.3 is 5.73 Å². The summed E-state index contributed by atoms with van der Waals surface area (Å²) in [7, 11) is 0. The monoisotopic (exact) mass is 197 g/mol. The predicted molar refractivity (Wildman–Crippen MR) is 46.4 cm³/mol. The second-order valence-corrected chi connectivity index (χ2v) is 3.52. The maximum absolute atomic E-state index is 12.8. The number of rotatable bonds is 2. The zero-order valence-electron chi connectivity index (χ0n) is 7.34. The first-order chi connectivity index (χ1) is 6.59. The lowest BCUT2D eigenvalue weighted by molar-refractivity contribution is -0.119. The highest BCUT2D eigenvalue weighted by Crippen LogP contribution is 2.47. The smallest absolute Gasteiger partial charge is 0.221 e. The standard InChI is InChI=1S/C10H9F2NO/c11-8-2-1-5(3-9(8)12)6-4-7(6)10(13)14/h1-3,6-7H,4H2,(H2,13,14)/t6-,7+/m1/s1. The SMILES string of the molecule is NC(=O)[C@H]1C[C@@H]1c1ccc(F)c(F)c1. The van der Waals surface area contributed by atoms with Crippen LogP contribution >= 0.6 is 0 Å². The number of carbonyl (C=O) groups is 1. The van der Waals surface area contributed by atoms with Gasteiger partial charge in [-0.05, 0) is 30.0 Å². The van der Waals surface area contributed by atoms with E-state index in [0.717, 1.165) is 12.1 Å². The summed E-state index contributed by atoms with van der Waals surface area (Å²) in [6.07, 6.45) is 0.639. The molecule has 2 N–H and O–H groups in total. The van der Waals surface area contributed by atoms with E-state index in [1.807, 2.05) is 0 Å². The summed E-state index contributed by atoms with van der Waals surface area (Å²) in [5, 5.41) is 0. The van der Waals surface area contributed by atoms with E-state index in [9.17, 15) is 13.6 Å². The molecule has 0 heterocycles. The Bertz CT molecular complexity index is 392. The van der Waals surface area contributed by atoms with Crippen LogP contribution in [0.3, 0.4) is 0 Å². The van der Waals surface area contributed by atoms with E-state index in [2.05, 4.69) is 0 Å². The summed E-state index contributed by atoms with van der Waals surface area (Å²) < 4.78 is 25.4. The van der Waals surface area contributed by atoms with E-state index in [-0.39, 0.29) is 17.7 Å². The van der Waals surface area contributed by atoms with E-state index in [1.54, 1.807) is 0 Å². The predicted octanol–water partition coefficient (Wildman–Crippen LogP) is 1.55. The van der Waals surface area contributed by atoms with Crippen molar-refractivity contribution in [2.75, 3.05) is 0 Å². The molecule has 1 amide bonds. The Hall–Kier alpha value is -1.45. The first kappa shape index (κ1) is 9.12. The van der Waals surface area contributed by atoms with Gasteiger partial charge in [-0.15, -0.1) is 0 Å². The van der Waals surface area contributed by atoms with Gasteiger partial charge in [-0.2, -0.15) is 0 Å². The summed E-state index contributed by atoms with van der Waals surface area (Å²) >= 11 is 0. The summed E-state index contributed by atoms with van der Waals surface area (Å²) in [4.78, 5) is 10.8. The maximum Gasteiger partial charge on any atom is 0.221 e. The number of hydrogen-bond donors (Lipinski definition) is 1. The molecule has 0 spiro atoms. The van der Waals surface area contributed by atoms with E-state index >= 15 is 0 Å². The number of nitrogens with two attached hydrogens (primary N) is 1. The normalized spacial score (nSPS) is 24.7. The molecule has 1 aromatic rings. The van der Waals surface area contributed by atoms with Crippen LogP contribution in [-0.4, -0.2) is 5.91 Å². The van der Waals surface area contributed by atoms with Crippen molar-refractivity contribution in [3.63, 3.8) is 0 Å². The molecule has 4 heteroatoms. The van der Waals surface area contributed by atoms with Gasteiger partial charge in [-0.25, -0.2) is 8.78 Å². The molecule has 74 valence electrons. The van der Waals surface area contributed by atoms with Gasteiger partial charge in [0.15, 0.2) is 11.6 Å². The molecule has 0 aromatic heterocycles. The van der Waals surface area contributed by atoms with E-state index in [4.69, 9.17) is 5.73 Å². The zero-order valence-corrected chi connectivity index (χ0v) is 7.34. The topological polar surface area (TPSA) is 43.1 Å². The molecule has 2 nitrogen and oxygen atoms in total. The molecule has 0 aliphatic heterocycles. The van der Waals surface area contributed by atoms with Crippen LogP contribution in [-0.2, 0) is 4.79 Å². The van der Waals surface area contributed by atoms with Crippen molar-refractivity contribution < 1.29 is 13.6 Å². The molecule has 1 fully saturated rings. The fraction of sp³-hybridized carbons (Fsp3) is 0.300. The minimum absolute atomic E-state index is 0.0254. The Morgan fingerprint density at radius 3 is 2.57 bits per heavy atom. The first-order valence-electron chi connectivity index (χ1n) is 4.34. The Morgan fingerprint density at radius 1 is 1.36 bits per heavy atom. The molecule has 2 rings (SSSR count). The van der Waals surface area contributed by atoms with Crippen molar-refractivity contribution in [2.24, 2.45) is 11.7 Å². The van der Waals surface area contributed by atoms with Crippen LogP contribution in [0.1, 0.15) is 17.9 Å². The molecule has 1 saturated carbocycles. The number of primary amides is 1. The van der Waals surface area contributed by atoms with Gasteiger partial charge in [0.25, 0.3) is 0 Å². The lowest BCUT2D eigenvalue weighted by atomic mass is 10.1. The highest BCUT2D eigenvalue weighted by Gasteiger charge is 2.42. The van der Waals surface area contributed by atoms with Crippen molar-refractivity contribution >= 4 is 5.91 Å². The summed E-state index contributed by atoms with van der Waals surface area (Å²) in [5.41, 5.74) is 5.73. The number of hydrogen-bond acceptors (Lipinski definition) is 1. The quantitative estimate of drug-likeness (QED) is 0.768. The number of amides is 1. The van der Waals surface area contributed by atoms with Gasteiger partial charge in [0.05, 0.1) is 0 Å². The summed E-state index contributed by atoms with van der Waals surface area (Å²) in [5.74, 6) is -2.36. The van der Waals surface area contributed by atoms with Crippen molar-refractivity contribution in [3.8, 4) is 0 Å². The fourth-order valence-corrected chi connectivity index (χ4v) is 1.62. The van der Waals surface area contributed by atoms with Crippen LogP contribution in [0, 0.1) is 17.6 Å². The maximum atomic E-state index is 12.8. The van der Waals surface area contributed by atoms with Gasteiger partial charge in [-0.1, -0.05) is 6.07 Å². The molecule has 1 aromatic carbocycles. The summed E-state index contributed by atoms with van der Waals surface area (Å²) in [6.45, 7) is 0. The molecule has 0 radical (unpaired) electrons. The van der Waals surface area contributed by atoms with Gasteiger partial charge in [-0.3, -0.25) is 4.79 Å². The van der Waals surface area contributed by atoms with Crippen molar-refractivity contribution in [1.29, 1.82) is 0 Å². The van der Waals surface area contributed by atoms with Gasteiger partial charge >= 0.3 is 0 Å². The second-order valence-electron chi connectivity index (χ2n) is 3.52. The fourth-order valence-electron chi connectivity index (χ4n) is 1.62. The third-order valence-electron chi connectivity index (χ3n) is 2.53. The molecular formula is C10H9F2NO. The van der Waals surface area contributed by atoms with E-state index in [0.29, 0.717) is 12.0 Å². The molecule has 0 bridgehead atoms. The molecule has 14 heavy (non-hydrogen) atoms. The van der Waals surface area contributed by atoms with Crippen molar-refractivity contribution in [2.45, 2.75) is 12.3 Å². The third kappa shape index (κ3) is 1.47. The van der Waals surface area contributed by atoms with Gasteiger partial charge in [0, 0.05) is 5.92 Å². The van der Waals surface area contributed by atoms with Crippen LogP contribution in [0.15, 0.2) is 18.2 Å². The Kier molecular flexibility index (Phi) is 1.98. The van der Waals surface area contributed by atoms with Crippen molar-refractivity contribution in [1.82, 2.24) is 0 Å². The van der Waals surface area contributed by atoms with E-state index < -0.39 is 11.6 Å². The van der Waals surface area contributed by atoms with Gasteiger partial charge in [0.2, 0.25) is 5.91 Å². The highest BCUT2D eigenvalue weighted by atomic mass is 19.2. The van der Waals surface area contributed by atoms with Crippen LogP contribution in [0.5, 0.6) is 0 Å².